The van der Waals surface area contributed by atoms with Crippen molar-refractivity contribution in [3.05, 3.63) is 66.4 Å². The number of hydrogen-bond acceptors (Lipinski definition) is 6. The second-order valence-electron chi connectivity index (χ2n) is 4.74. The van der Waals surface area contributed by atoms with E-state index in [-0.39, 0.29) is 11.6 Å². The van der Waals surface area contributed by atoms with Crippen molar-refractivity contribution in [2.45, 2.75) is 0 Å². The van der Waals surface area contributed by atoms with Gasteiger partial charge in [-0.05, 0) is 24.3 Å². The smallest absolute Gasteiger partial charge is 0.400 e. The molecule has 0 saturated heterocycles. The largest absolute Gasteiger partial charge is 0.433 e. The van der Waals surface area contributed by atoms with Crippen molar-refractivity contribution >= 4 is 46.6 Å². The summed E-state index contributed by atoms with van der Waals surface area (Å²) >= 11 is 13.7. The standard InChI is InChI=1S/C15H10Cl2N4O3S/c1-18-15-20(19-7-10-3-5-14(24-10)21(22)23)13(8-25-15)11-6-9(16)2-4-12(11)17/h2-8H,1H3. The third-order valence-electron chi connectivity index (χ3n) is 3.17. The summed E-state index contributed by atoms with van der Waals surface area (Å²) in [7, 11) is 1.64. The molecule has 0 radical (unpaired) electrons. The number of aromatic nitrogens is 1. The van der Waals surface area contributed by atoms with Gasteiger partial charge in [-0.3, -0.25) is 15.1 Å². The van der Waals surface area contributed by atoms with Gasteiger partial charge in [0.15, 0.2) is 5.76 Å². The number of furan rings is 1. The number of nitrogens with zero attached hydrogens (tertiary/aromatic N) is 4. The average molecular weight is 397 g/mol. The average Bonchev–Trinajstić information content (AvgIpc) is 3.21. The Morgan fingerprint density at radius 3 is 2.80 bits per heavy atom. The minimum atomic E-state index is -0.612. The van der Waals surface area contributed by atoms with Crippen LogP contribution in [0.2, 0.25) is 10.0 Å². The lowest BCUT2D eigenvalue weighted by molar-refractivity contribution is -0.402. The van der Waals surface area contributed by atoms with Gasteiger partial charge in [-0.25, -0.2) is 4.68 Å². The molecule has 3 aromatic rings. The Balaban J connectivity index is 2.06. The molecule has 0 fully saturated rings. The van der Waals surface area contributed by atoms with Crippen molar-refractivity contribution in [2.75, 3.05) is 7.05 Å². The quantitative estimate of drug-likeness (QED) is 0.371. The summed E-state index contributed by atoms with van der Waals surface area (Å²) in [6.07, 6.45) is 1.37. The zero-order valence-electron chi connectivity index (χ0n) is 12.7. The second kappa shape index (κ2) is 7.22. The molecule has 0 spiro atoms. The lowest BCUT2D eigenvalue weighted by Gasteiger charge is -2.06. The van der Waals surface area contributed by atoms with Crippen LogP contribution >= 0.6 is 34.5 Å². The van der Waals surface area contributed by atoms with Gasteiger partial charge in [-0.15, -0.1) is 11.3 Å². The Bertz CT molecular complexity index is 1040. The van der Waals surface area contributed by atoms with Gasteiger partial charge >= 0.3 is 5.88 Å². The highest BCUT2D eigenvalue weighted by Crippen LogP contribution is 2.31. The Labute approximate surface area is 155 Å². The van der Waals surface area contributed by atoms with Crippen molar-refractivity contribution in [2.24, 2.45) is 10.1 Å². The van der Waals surface area contributed by atoms with Gasteiger partial charge in [-0.2, -0.15) is 5.10 Å². The molecule has 128 valence electrons. The molecule has 0 aliphatic heterocycles. The van der Waals surface area contributed by atoms with E-state index in [1.165, 1.54) is 29.7 Å². The summed E-state index contributed by atoms with van der Waals surface area (Å²) < 4.78 is 6.64. The fraction of sp³-hybridized carbons (Fsp3) is 0.0667. The number of thiazole rings is 1. The van der Waals surface area contributed by atoms with Gasteiger partial charge < -0.3 is 4.42 Å². The molecular formula is C15H10Cl2N4O3S. The summed E-state index contributed by atoms with van der Waals surface area (Å²) in [6, 6.07) is 7.85. The summed E-state index contributed by atoms with van der Waals surface area (Å²) in [5.74, 6) is -0.106. The number of nitro groups is 1. The first kappa shape index (κ1) is 17.4. The van der Waals surface area contributed by atoms with E-state index < -0.39 is 4.92 Å². The first-order valence-electron chi connectivity index (χ1n) is 6.87. The van der Waals surface area contributed by atoms with Crippen LogP contribution in [0.4, 0.5) is 5.88 Å². The predicted molar refractivity (Wildman–Crippen MR) is 97.6 cm³/mol. The zero-order chi connectivity index (χ0) is 18.0. The van der Waals surface area contributed by atoms with Gasteiger partial charge in [0.2, 0.25) is 4.80 Å². The van der Waals surface area contributed by atoms with E-state index in [1.54, 1.807) is 29.9 Å². The topological polar surface area (TPSA) is 85.9 Å². The summed E-state index contributed by atoms with van der Waals surface area (Å²) in [5.41, 5.74) is 1.39. The molecule has 10 heteroatoms. The molecule has 0 N–H and O–H groups in total. The molecule has 2 aromatic heterocycles. The highest BCUT2D eigenvalue weighted by Gasteiger charge is 2.13. The van der Waals surface area contributed by atoms with E-state index in [2.05, 4.69) is 10.1 Å². The minimum absolute atomic E-state index is 0.246. The van der Waals surface area contributed by atoms with Crippen LogP contribution in [0, 0.1) is 10.1 Å². The van der Waals surface area contributed by atoms with Crippen LogP contribution in [0.25, 0.3) is 11.3 Å². The highest BCUT2D eigenvalue weighted by molar-refractivity contribution is 7.07. The lowest BCUT2D eigenvalue weighted by atomic mass is 10.2. The third kappa shape index (κ3) is 3.65. The van der Waals surface area contributed by atoms with Crippen LogP contribution in [0.15, 0.2) is 50.2 Å². The van der Waals surface area contributed by atoms with Crippen LogP contribution in [0.5, 0.6) is 0 Å². The number of benzene rings is 1. The van der Waals surface area contributed by atoms with Crippen molar-refractivity contribution in [3.63, 3.8) is 0 Å². The number of rotatable bonds is 4. The fourth-order valence-electron chi connectivity index (χ4n) is 2.07. The van der Waals surface area contributed by atoms with Crippen LogP contribution in [-0.2, 0) is 0 Å². The number of hydrogen-bond donors (Lipinski definition) is 0. The molecule has 0 aliphatic rings. The highest BCUT2D eigenvalue weighted by atomic mass is 35.5. The second-order valence-corrected chi connectivity index (χ2v) is 6.42. The van der Waals surface area contributed by atoms with Gasteiger partial charge in [-0.1, -0.05) is 23.2 Å². The van der Waals surface area contributed by atoms with Crippen LogP contribution < -0.4 is 4.80 Å². The normalized spacial score (nSPS) is 12.2. The first-order chi connectivity index (χ1) is 12.0. The molecule has 0 unspecified atom stereocenters. The fourth-order valence-corrected chi connectivity index (χ4v) is 3.25. The Morgan fingerprint density at radius 1 is 1.32 bits per heavy atom. The first-order valence-corrected chi connectivity index (χ1v) is 8.50. The van der Waals surface area contributed by atoms with Crippen molar-refractivity contribution in [3.8, 4) is 11.3 Å². The molecule has 0 bridgehead atoms. The molecule has 0 aliphatic carbocycles. The number of halogens is 2. The zero-order valence-corrected chi connectivity index (χ0v) is 15.0. The van der Waals surface area contributed by atoms with Crippen LogP contribution in [-0.4, -0.2) is 22.9 Å². The van der Waals surface area contributed by atoms with Gasteiger partial charge in [0.25, 0.3) is 0 Å². The molecule has 0 atom stereocenters. The Kier molecular flexibility index (Phi) is 5.03. The van der Waals surface area contributed by atoms with E-state index in [0.717, 1.165) is 0 Å². The van der Waals surface area contributed by atoms with E-state index in [1.807, 2.05) is 5.38 Å². The van der Waals surface area contributed by atoms with E-state index in [4.69, 9.17) is 27.6 Å². The van der Waals surface area contributed by atoms with Crippen molar-refractivity contribution in [1.82, 2.24) is 4.68 Å². The van der Waals surface area contributed by atoms with Gasteiger partial charge in [0.05, 0.1) is 23.0 Å². The summed E-state index contributed by atoms with van der Waals surface area (Å²) in [4.78, 5) is 14.8. The van der Waals surface area contributed by atoms with Crippen LogP contribution in [0.3, 0.4) is 0 Å². The molecule has 3 rings (SSSR count). The Hall–Kier alpha value is -2.42. The van der Waals surface area contributed by atoms with Crippen molar-refractivity contribution < 1.29 is 9.34 Å². The lowest BCUT2D eigenvalue weighted by Crippen LogP contribution is -2.11. The molecule has 25 heavy (non-hydrogen) atoms. The van der Waals surface area contributed by atoms with E-state index in [9.17, 15) is 10.1 Å². The van der Waals surface area contributed by atoms with Crippen LogP contribution in [0.1, 0.15) is 5.76 Å². The van der Waals surface area contributed by atoms with Crippen molar-refractivity contribution in [1.29, 1.82) is 0 Å². The summed E-state index contributed by atoms with van der Waals surface area (Å²) in [6.45, 7) is 0. The third-order valence-corrected chi connectivity index (χ3v) is 4.65. The monoisotopic (exact) mass is 396 g/mol. The molecule has 1 aromatic carbocycles. The Morgan fingerprint density at radius 2 is 2.12 bits per heavy atom. The van der Waals surface area contributed by atoms with Gasteiger partial charge in [0.1, 0.15) is 4.92 Å². The van der Waals surface area contributed by atoms with Gasteiger partial charge in [0, 0.05) is 23.0 Å². The predicted octanol–water partition coefficient (Wildman–Crippen LogP) is 4.44. The van der Waals surface area contributed by atoms with E-state index in [0.29, 0.717) is 26.1 Å². The summed E-state index contributed by atoms with van der Waals surface area (Å²) in [5, 5.41) is 17.9. The maximum atomic E-state index is 10.7. The van der Waals surface area contributed by atoms with E-state index >= 15 is 0 Å². The molecule has 7 nitrogen and oxygen atoms in total. The molecule has 0 saturated carbocycles. The SMILES string of the molecule is CN=c1scc(-c2cc(Cl)ccc2Cl)n1N=Cc1ccc([N+](=O)[O-])o1. The molecular weight excluding hydrogens is 387 g/mol. The minimum Gasteiger partial charge on any atom is -0.400 e. The molecule has 0 amide bonds. The maximum Gasteiger partial charge on any atom is 0.433 e. The molecule has 2 heterocycles. The maximum absolute atomic E-state index is 10.7.